The van der Waals surface area contributed by atoms with E-state index in [0.29, 0.717) is 11.3 Å². The van der Waals surface area contributed by atoms with Crippen molar-refractivity contribution in [2.24, 2.45) is 5.10 Å². The van der Waals surface area contributed by atoms with Gasteiger partial charge in [0.25, 0.3) is 5.91 Å². The minimum atomic E-state index is -2.95. The third-order valence-corrected chi connectivity index (χ3v) is 4.52. The smallest absolute Gasteiger partial charge is 0.387 e. The molecule has 2 aromatic carbocycles. The molecule has 6 nitrogen and oxygen atoms in total. The molecule has 0 aliphatic carbocycles. The van der Waals surface area contributed by atoms with Crippen LogP contribution in [-0.2, 0) is 16.1 Å². The van der Waals surface area contributed by atoms with Crippen molar-refractivity contribution < 1.29 is 23.1 Å². The van der Waals surface area contributed by atoms with Gasteiger partial charge in [0.15, 0.2) is 0 Å². The Balaban J connectivity index is 1.76. The van der Waals surface area contributed by atoms with Gasteiger partial charge in [-0.1, -0.05) is 30.3 Å². The lowest BCUT2D eigenvalue weighted by atomic mass is 10.1. The standard InChI is InChI=1S/C21H21F2N3O3/c1-13-7-8-14(2)17(11-13)26-19(27)10-9-16(25-26)20(28)24-12-15-5-3-4-6-18(15)29-21(22)23/h3-8,11,21H,9-10,12H2,1-2H3,(H,24,28). The van der Waals surface area contributed by atoms with Crippen molar-refractivity contribution in [3.05, 3.63) is 59.2 Å². The monoisotopic (exact) mass is 401 g/mol. The lowest BCUT2D eigenvalue weighted by Crippen LogP contribution is -2.39. The number of para-hydroxylation sites is 1. The molecule has 2 aromatic rings. The average molecular weight is 401 g/mol. The zero-order valence-electron chi connectivity index (χ0n) is 16.1. The van der Waals surface area contributed by atoms with E-state index in [2.05, 4.69) is 15.2 Å². The summed E-state index contributed by atoms with van der Waals surface area (Å²) in [6.45, 7) is 0.823. The summed E-state index contributed by atoms with van der Waals surface area (Å²) in [5.41, 5.74) is 3.10. The SMILES string of the molecule is Cc1ccc(C)c(N2N=C(C(=O)NCc3ccccc3OC(F)F)CCC2=O)c1. The second-order valence-electron chi connectivity index (χ2n) is 6.71. The number of carbonyl (C=O) groups is 2. The molecule has 0 fully saturated rings. The summed E-state index contributed by atoms with van der Waals surface area (Å²) in [5.74, 6) is -0.647. The largest absolute Gasteiger partial charge is 0.434 e. The number of anilines is 1. The van der Waals surface area contributed by atoms with E-state index >= 15 is 0 Å². The molecule has 0 unspecified atom stereocenters. The fourth-order valence-corrected chi connectivity index (χ4v) is 2.99. The highest BCUT2D eigenvalue weighted by Crippen LogP contribution is 2.25. The summed E-state index contributed by atoms with van der Waals surface area (Å²) in [7, 11) is 0. The number of nitrogens with zero attached hydrogens (tertiary/aromatic N) is 2. The van der Waals surface area contributed by atoms with Gasteiger partial charge in [-0.3, -0.25) is 9.59 Å². The third-order valence-electron chi connectivity index (χ3n) is 4.52. The maximum absolute atomic E-state index is 12.6. The van der Waals surface area contributed by atoms with E-state index in [1.54, 1.807) is 18.2 Å². The number of hydrogen-bond acceptors (Lipinski definition) is 4. The molecular formula is C21H21F2N3O3. The Morgan fingerprint density at radius 3 is 2.72 bits per heavy atom. The predicted octanol–water partition coefficient (Wildman–Crippen LogP) is 3.70. The highest BCUT2D eigenvalue weighted by atomic mass is 19.3. The maximum Gasteiger partial charge on any atom is 0.387 e. The summed E-state index contributed by atoms with van der Waals surface area (Å²) in [6, 6.07) is 11.9. The molecule has 1 aliphatic heterocycles. The molecule has 0 spiro atoms. The number of ether oxygens (including phenoxy) is 1. The Morgan fingerprint density at radius 2 is 1.97 bits per heavy atom. The van der Waals surface area contributed by atoms with Gasteiger partial charge in [-0.2, -0.15) is 13.9 Å². The summed E-state index contributed by atoms with van der Waals surface area (Å²) >= 11 is 0. The summed E-state index contributed by atoms with van der Waals surface area (Å²) in [4.78, 5) is 24.9. The summed E-state index contributed by atoms with van der Waals surface area (Å²) < 4.78 is 29.5. The van der Waals surface area contributed by atoms with Crippen molar-refractivity contribution in [2.45, 2.75) is 39.8 Å². The van der Waals surface area contributed by atoms with E-state index in [4.69, 9.17) is 0 Å². The van der Waals surface area contributed by atoms with Crippen LogP contribution in [0, 0.1) is 13.8 Å². The van der Waals surface area contributed by atoms with E-state index in [1.807, 2.05) is 32.0 Å². The van der Waals surface area contributed by atoms with Crippen molar-refractivity contribution in [1.82, 2.24) is 5.32 Å². The topological polar surface area (TPSA) is 71.0 Å². The summed E-state index contributed by atoms with van der Waals surface area (Å²) in [5, 5.41) is 8.18. The average Bonchev–Trinajstić information content (AvgIpc) is 2.69. The van der Waals surface area contributed by atoms with Crippen LogP contribution in [0.25, 0.3) is 0 Å². The van der Waals surface area contributed by atoms with E-state index in [-0.39, 0.29) is 36.8 Å². The van der Waals surface area contributed by atoms with E-state index < -0.39 is 12.5 Å². The molecule has 29 heavy (non-hydrogen) atoms. The van der Waals surface area contributed by atoms with E-state index in [0.717, 1.165) is 11.1 Å². The molecule has 0 atom stereocenters. The minimum absolute atomic E-state index is 0.000530. The normalized spacial score (nSPS) is 14.0. The molecule has 0 aromatic heterocycles. The first kappa shape index (κ1) is 20.4. The molecule has 1 N–H and O–H groups in total. The molecule has 3 rings (SSSR count). The van der Waals surface area contributed by atoms with E-state index in [1.165, 1.54) is 11.1 Å². The van der Waals surface area contributed by atoms with Crippen LogP contribution in [0.3, 0.4) is 0 Å². The fourth-order valence-electron chi connectivity index (χ4n) is 2.99. The van der Waals surface area contributed by atoms with Crippen LogP contribution in [-0.4, -0.2) is 24.1 Å². The van der Waals surface area contributed by atoms with Gasteiger partial charge in [-0.25, -0.2) is 5.01 Å². The van der Waals surface area contributed by atoms with Gasteiger partial charge in [0.1, 0.15) is 11.5 Å². The van der Waals surface area contributed by atoms with Crippen LogP contribution in [0.15, 0.2) is 47.6 Å². The minimum Gasteiger partial charge on any atom is -0.434 e. The van der Waals surface area contributed by atoms with Crippen molar-refractivity contribution in [3.63, 3.8) is 0 Å². The lowest BCUT2D eigenvalue weighted by Gasteiger charge is -2.25. The molecule has 0 saturated heterocycles. The number of rotatable bonds is 6. The maximum atomic E-state index is 12.6. The van der Waals surface area contributed by atoms with Crippen molar-refractivity contribution >= 4 is 23.2 Å². The number of alkyl halides is 2. The summed E-state index contributed by atoms with van der Waals surface area (Å²) in [6.07, 6.45) is 0.367. The van der Waals surface area contributed by atoms with Gasteiger partial charge in [-0.05, 0) is 37.1 Å². The first-order valence-corrected chi connectivity index (χ1v) is 9.13. The Labute approximate surface area is 167 Å². The number of amides is 2. The van der Waals surface area contributed by atoms with Crippen molar-refractivity contribution in [2.75, 3.05) is 5.01 Å². The molecule has 0 bridgehead atoms. The number of nitrogens with one attached hydrogen (secondary N) is 1. The first-order valence-electron chi connectivity index (χ1n) is 9.13. The van der Waals surface area contributed by atoms with Gasteiger partial charge in [-0.15, -0.1) is 0 Å². The first-order chi connectivity index (χ1) is 13.8. The van der Waals surface area contributed by atoms with Crippen LogP contribution in [0.2, 0.25) is 0 Å². The molecule has 0 saturated carbocycles. The molecule has 2 amide bonds. The van der Waals surface area contributed by atoms with Crippen LogP contribution in [0.1, 0.15) is 29.5 Å². The van der Waals surface area contributed by atoms with Gasteiger partial charge in [0.2, 0.25) is 5.91 Å². The number of hydrazone groups is 1. The number of halogens is 2. The molecule has 8 heteroatoms. The molecule has 0 radical (unpaired) electrons. The Kier molecular flexibility index (Phi) is 6.21. The van der Waals surface area contributed by atoms with Crippen LogP contribution >= 0.6 is 0 Å². The van der Waals surface area contributed by atoms with Gasteiger partial charge in [0, 0.05) is 24.9 Å². The number of carbonyl (C=O) groups excluding carboxylic acids is 2. The third kappa shape index (κ3) is 4.96. The van der Waals surface area contributed by atoms with Crippen molar-refractivity contribution in [3.8, 4) is 5.75 Å². The molecular weight excluding hydrogens is 380 g/mol. The highest BCUT2D eigenvalue weighted by Gasteiger charge is 2.26. The van der Waals surface area contributed by atoms with Crippen LogP contribution < -0.4 is 15.1 Å². The highest BCUT2D eigenvalue weighted by molar-refractivity contribution is 6.40. The quantitative estimate of drug-likeness (QED) is 0.802. The molecule has 1 aliphatic rings. The molecule has 152 valence electrons. The second-order valence-corrected chi connectivity index (χ2v) is 6.71. The van der Waals surface area contributed by atoms with Gasteiger partial charge in [0.05, 0.1) is 5.69 Å². The van der Waals surface area contributed by atoms with Crippen molar-refractivity contribution in [1.29, 1.82) is 0 Å². The fraction of sp³-hybridized carbons (Fsp3) is 0.286. The molecule has 1 heterocycles. The Hall–Kier alpha value is -3.29. The number of hydrogen-bond donors (Lipinski definition) is 1. The van der Waals surface area contributed by atoms with Gasteiger partial charge >= 0.3 is 6.61 Å². The zero-order chi connectivity index (χ0) is 21.0. The second kappa shape index (κ2) is 8.81. The Bertz CT molecular complexity index is 960. The number of benzene rings is 2. The van der Waals surface area contributed by atoms with E-state index in [9.17, 15) is 18.4 Å². The van der Waals surface area contributed by atoms with Crippen LogP contribution in [0.5, 0.6) is 5.75 Å². The predicted molar refractivity (Wildman–Crippen MR) is 105 cm³/mol. The Morgan fingerprint density at radius 1 is 1.21 bits per heavy atom. The lowest BCUT2D eigenvalue weighted by molar-refractivity contribution is -0.119. The van der Waals surface area contributed by atoms with Crippen LogP contribution in [0.4, 0.5) is 14.5 Å². The van der Waals surface area contributed by atoms with Gasteiger partial charge < -0.3 is 10.1 Å². The number of aryl methyl sites for hydroxylation is 2. The zero-order valence-corrected chi connectivity index (χ0v) is 16.1.